The minimum absolute atomic E-state index is 0.305. The van der Waals surface area contributed by atoms with Gasteiger partial charge in [0, 0.05) is 56.8 Å². The van der Waals surface area contributed by atoms with E-state index in [0.29, 0.717) is 17.7 Å². The van der Waals surface area contributed by atoms with Gasteiger partial charge in [-0.3, -0.25) is 9.78 Å². The monoisotopic (exact) mass is 450 g/mol. The molecule has 1 saturated carbocycles. The van der Waals surface area contributed by atoms with Gasteiger partial charge in [-0.2, -0.15) is 0 Å². The number of hydrogen-bond acceptors (Lipinski definition) is 5. The number of anilines is 1. The van der Waals surface area contributed by atoms with Crippen molar-refractivity contribution in [2.75, 3.05) is 57.8 Å². The Balaban J connectivity index is 1.22. The van der Waals surface area contributed by atoms with E-state index in [9.17, 15) is 4.79 Å². The van der Waals surface area contributed by atoms with E-state index in [1.165, 1.54) is 19.3 Å². The highest BCUT2D eigenvalue weighted by atomic mass is 16.5. The summed E-state index contributed by atoms with van der Waals surface area (Å²) in [5.74, 6) is 2.25. The lowest BCUT2D eigenvalue weighted by Crippen LogP contribution is -2.46. The number of carbonyl (C=O) groups is 1. The molecule has 3 aliphatic rings. The summed E-state index contributed by atoms with van der Waals surface area (Å²) in [5, 5.41) is 1.16. The number of fused-ring (bicyclic) bond motifs is 1. The van der Waals surface area contributed by atoms with E-state index in [2.05, 4.69) is 32.9 Å². The molecule has 0 unspecified atom stereocenters. The lowest BCUT2D eigenvalue weighted by Gasteiger charge is -2.36. The van der Waals surface area contributed by atoms with E-state index in [-0.39, 0.29) is 0 Å². The minimum atomic E-state index is 0.305. The Morgan fingerprint density at radius 2 is 1.88 bits per heavy atom. The van der Waals surface area contributed by atoms with Gasteiger partial charge in [-0.05, 0) is 62.8 Å². The zero-order valence-corrected chi connectivity index (χ0v) is 20.0. The second-order valence-corrected chi connectivity index (χ2v) is 10.1. The van der Waals surface area contributed by atoms with Crippen LogP contribution in [0.1, 0.15) is 44.9 Å². The Morgan fingerprint density at radius 1 is 1.00 bits per heavy atom. The predicted octanol–water partition coefficient (Wildman–Crippen LogP) is 4.18. The first-order valence-corrected chi connectivity index (χ1v) is 12.9. The molecule has 1 atom stereocenters. The molecule has 3 fully saturated rings. The molecule has 33 heavy (non-hydrogen) atoms. The van der Waals surface area contributed by atoms with Gasteiger partial charge in [0.05, 0.1) is 12.6 Å². The molecule has 1 amide bonds. The van der Waals surface area contributed by atoms with Crippen molar-refractivity contribution in [3.05, 3.63) is 30.5 Å². The number of nitrogens with zero attached hydrogens (tertiary/aromatic N) is 4. The van der Waals surface area contributed by atoms with Crippen molar-refractivity contribution < 1.29 is 9.53 Å². The normalized spacial score (nSPS) is 23.1. The summed E-state index contributed by atoms with van der Waals surface area (Å²) >= 11 is 0. The second kappa shape index (κ2) is 10.3. The molecule has 1 aromatic heterocycles. The van der Waals surface area contributed by atoms with E-state index in [1.807, 2.05) is 12.3 Å². The summed E-state index contributed by atoms with van der Waals surface area (Å²) in [6, 6.07) is 8.28. The van der Waals surface area contributed by atoms with Crippen molar-refractivity contribution in [3.63, 3.8) is 0 Å². The van der Waals surface area contributed by atoms with Gasteiger partial charge in [0.15, 0.2) is 0 Å². The zero-order chi connectivity index (χ0) is 22.6. The lowest BCUT2D eigenvalue weighted by molar-refractivity contribution is -0.137. The molecule has 0 N–H and O–H groups in total. The number of ether oxygens (including phenoxy) is 1. The van der Waals surface area contributed by atoms with E-state index in [4.69, 9.17) is 9.72 Å². The minimum Gasteiger partial charge on any atom is -0.494 e. The third kappa shape index (κ3) is 4.96. The molecule has 2 aliphatic heterocycles. The zero-order valence-electron chi connectivity index (χ0n) is 20.0. The second-order valence-electron chi connectivity index (χ2n) is 10.1. The van der Waals surface area contributed by atoms with Crippen molar-refractivity contribution >= 4 is 22.5 Å². The molecule has 2 saturated heterocycles. The molecule has 1 aromatic carbocycles. The largest absolute Gasteiger partial charge is 0.494 e. The molecule has 0 bridgehead atoms. The highest BCUT2D eigenvalue weighted by Crippen LogP contribution is 2.36. The number of hydrogen-bond donors (Lipinski definition) is 0. The summed E-state index contributed by atoms with van der Waals surface area (Å²) in [4.78, 5) is 24.9. The van der Waals surface area contributed by atoms with Crippen molar-refractivity contribution in [2.45, 2.75) is 44.9 Å². The molecule has 1 aliphatic carbocycles. The highest BCUT2D eigenvalue weighted by molar-refractivity contribution is 5.94. The van der Waals surface area contributed by atoms with Gasteiger partial charge in [0.2, 0.25) is 5.91 Å². The maximum absolute atomic E-state index is 12.9. The highest BCUT2D eigenvalue weighted by Gasteiger charge is 2.31. The fraction of sp³-hybridized carbons (Fsp3) is 0.630. The first-order chi connectivity index (χ1) is 16.2. The van der Waals surface area contributed by atoms with Crippen molar-refractivity contribution in [2.24, 2.45) is 11.8 Å². The summed E-state index contributed by atoms with van der Waals surface area (Å²) in [7, 11) is 1.75. The standard InChI is InChI=1S/C27H38N4O2/c1-33-24-12-11-22-10-4-13-28-25(22)26(24)30-16-6-14-29(17-18-30)19-21-7-5-15-31(20-21)27(32)23-8-2-3-9-23/h4,10-13,21,23H,2-3,5-9,14-20H2,1H3/t21-/m0/s1. The van der Waals surface area contributed by atoms with Crippen LogP contribution >= 0.6 is 0 Å². The number of benzene rings is 1. The molecule has 2 aromatic rings. The summed E-state index contributed by atoms with van der Waals surface area (Å²) in [6.45, 7) is 7.17. The molecular formula is C27H38N4O2. The fourth-order valence-corrected chi connectivity index (χ4v) is 6.17. The van der Waals surface area contributed by atoms with Gasteiger partial charge in [-0.15, -0.1) is 0 Å². The molecular weight excluding hydrogens is 412 g/mol. The summed E-state index contributed by atoms with van der Waals surface area (Å²) in [6.07, 6.45) is 10.1. The molecule has 6 heteroatoms. The Kier molecular flexibility index (Phi) is 7.00. The molecule has 0 spiro atoms. The molecule has 3 heterocycles. The Bertz CT molecular complexity index is 958. The maximum Gasteiger partial charge on any atom is 0.225 e. The average Bonchev–Trinajstić information content (AvgIpc) is 3.30. The SMILES string of the molecule is COc1ccc2cccnc2c1N1CCCN(C[C@@H]2CCCN(C(=O)C3CCCC3)C2)CC1. The number of pyridine rings is 1. The number of rotatable bonds is 5. The van der Waals surface area contributed by atoms with Gasteiger partial charge >= 0.3 is 0 Å². The van der Waals surface area contributed by atoms with Crippen LogP contribution in [0.4, 0.5) is 5.69 Å². The molecule has 5 rings (SSSR count). The molecule has 6 nitrogen and oxygen atoms in total. The van der Waals surface area contributed by atoms with Crippen LogP contribution in [-0.4, -0.2) is 73.6 Å². The number of likely N-dealkylation sites (tertiary alicyclic amines) is 1. The average molecular weight is 451 g/mol. The fourth-order valence-electron chi connectivity index (χ4n) is 6.17. The van der Waals surface area contributed by atoms with Gasteiger partial charge in [0.1, 0.15) is 11.4 Å². The van der Waals surface area contributed by atoms with Crippen LogP contribution in [0.25, 0.3) is 10.9 Å². The first-order valence-electron chi connectivity index (χ1n) is 12.9. The van der Waals surface area contributed by atoms with E-state index in [1.54, 1.807) is 7.11 Å². The summed E-state index contributed by atoms with van der Waals surface area (Å²) in [5.41, 5.74) is 2.15. The number of carbonyl (C=O) groups excluding carboxylic acids is 1. The van der Waals surface area contributed by atoms with Crippen LogP contribution in [0.15, 0.2) is 30.5 Å². The topological polar surface area (TPSA) is 48.9 Å². The van der Waals surface area contributed by atoms with Crippen LogP contribution < -0.4 is 9.64 Å². The van der Waals surface area contributed by atoms with Crippen molar-refractivity contribution in [3.8, 4) is 5.75 Å². The lowest BCUT2D eigenvalue weighted by atomic mass is 9.95. The number of aromatic nitrogens is 1. The number of methoxy groups -OCH3 is 1. The maximum atomic E-state index is 12.9. The predicted molar refractivity (Wildman–Crippen MR) is 133 cm³/mol. The van der Waals surface area contributed by atoms with Gasteiger partial charge in [0.25, 0.3) is 0 Å². The van der Waals surface area contributed by atoms with Crippen LogP contribution in [0.5, 0.6) is 5.75 Å². The van der Waals surface area contributed by atoms with Crippen LogP contribution in [0.3, 0.4) is 0 Å². The molecule has 0 radical (unpaired) electrons. The van der Waals surface area contributed by atoms with Crippen molar-refractivity contribution in [1.29, 1.82) is 0 Å². The van der Waals surface area contributed by atoms with E-state index < -0.39 is 0 Å². The Labute approximate surface area is 197 Å². The first kappa shape index (κ1) is 22.5. The van der Waals surface area contributed by atoms with Crippen LogP contribution in [-0.2, 0) is 4.79 Å². The van der Waals surface area contributed by atoms with Gasteiger partial charge in [-0.25, -0.2) is 0 Å². The number of amides is 1. The van der Waals surface area contributed by atoms with Crippen molar-refractivity contribution in [1.82, 2.24) is 14.8 Å². The van der Waals surface area contributed by atoms with E-state index >= 15 is 0 Å². The Morgan fingerprint density at radius 3 is 2.73 bits per heavy atom. The third-order valence-corrected chi connectivity index (χ3v) is 7.89. The van der Waals surface area contributed by atoms with Crippen LogP contribution in [0.2, 0.25) is 0 Å². The quantitative estimate of drug-likeness (QED) is 0.684. The number of piperidine rings is 1. The van der Waals surface area contributed by atoms with E-state index in [0.717, 1.165) is 93.8 Å². The summed E-state index contributed by atoms with van der Waals surface area (Å²) < 4.78 is 5.74. The Hall–Kier alpha value is -2.34. The van der Waals surface area contributed by atoms with Crippen LogP contribution in [0, 0.1) is 11.8 Å². The van der Waals surface area contributed by atoms with Gasteiger partial charge in [-0.1, -0.05) is 18.9 Å². The molecule has 178 valence electrons. The third-order valence-electron chi connectivity index (χ3n) is 7.89. The van der Waals surface area contributed by atoms with Gasteiger partial charge < -0.3 is 19.4 Å². The smallest absolute Gasteiger partial charge is 0.225 e.